The Morgan fingerprint density at radius 1 is 1.05 bits per heavy atom. The van der Waals surface area contributed by atoms with Crippen LogP contribution in [-0.4, -0.2) is 5.97 Å². The Hall–Kier alpha value is -2.09. The van der Waals surface area contributed by atoms with Crippen LogP contribution in [-0.2, 0) is 10.2 Å². The number of hydrogen-bond donors (Lipinski definition) is 0. The van der Waals surface area contributed by atoms with Gasteiger partial charge in [-0.15, -0.1) is 0 Å². The molecular formula is C20H22O2. The van der Waals surface area contributed by atoms with Gasteiger partial charge >= 0.3 is 5.97 Å². The van der Waals surface area contributed by atoms with E-state index < -0.39 is 0 Å². The van der Waals surface area contributed by atoms with Crippen LogP contribution in [0.3, 0.4) is 0 Å². The molecule has 0 fully saturated rings. The zero-order chi connectivity index (χ0) is 15.9. The SMILES string of the molecule is Cc1ccc(C2CC(=O)Oc3ccc(C(C)(C)C)cc32)cc1. The van der Waals surface area contributed by atoms with E-state index in [0.717, 1.165) is 5.56 Å². The summed E-state index contributed by atoms with van der Waals surface area (Å²) in [5.41, 5.74) is 4.87. The van der Waals surface area contributed by atoms with Crippen molar-refractivity contribution in [2.75, 3.05) is 0 Å². The van der Waals surface area contributed by atoms with Crippen LogP contribution >= 0.6 is 0 Å². The van der Waals surface area contributed by atoms with E-state index in [1.54, 1.807) is 0 Å². The van der Waals surface area contributed by atoms with Gasteiger partial charge in [-0.2, -0.15) is 0 Å². The summed E-state index contributed by atoms with van der Waals surface area (Å²) >= 11 is 0. The topological polar surface area (TPSA) is 26.3 Å². The Balaban J connectivity index is 2.10. The highest BCUT2D eigenvalue weighted by atomic mass is 16.5. The summed E-state index contributed by atoms with van der Waals surface area (Å²) in [5, 5.41) is 0. The normalized spacial score (nSPS) is 17.8. The lowest BCUT2D eigenvalue weighted by Crippen LogP contribution is -2.22. The maximum Gasteiger partial charge on any atom is 0.312 e. The summed E-state index contributed by atoms with van der Waals surface area (Å²) < 4.78 is 5.44. The second kappa shape index (κ2) is 5.28. The number of benzene rings is 2. The first-order valence-electron chi connectivity index (χ1n) is 7.76. The van der Waals surface area contributed by atoms with Crippen molar-refractivity contribution in [3.63, 3.8) is 0 Å². The molecule has 2 aromatic carbocycles. The fourth-order valence-corrected chi connectivity index (χ4v) is 2.92. The van der Waals surface area contributed by atoms with Crippen LogP contribution in [0, 0.1) is 6.92 Å². The van der Waals surface area contributed by atoms with Crippen LogP contribution in [0.1, 0.15) is 55.4 Å². The van der Waals surface area contributed by atoms with Crippen molar-refractivity contribution in [1.82, 2.24) is 0 Å². The van der Waals surface area contributed by atoms with Crippen molar-refractivity contribution in [1.29, 1.82) is 0 Å². The lowest BCUT2D eigenvalue weighted by atomic mass is 9.81. The first-order valence-corrected chi connectivity index (χ1v) is 7.76. The zero-order valence-electron chi connectivity index (χ0n) is 13.6. The molecule has 0 bridgehead atoms. The molecule has 2 aromatic rings. The third-order valence-corrected chi connectivity index (χ3v) is 4.33. The molecule has 22 heavy (non-hydrogen) atoms. The predicted molar refractivity (Wildman–Crippen MR) is 88.4 cm³/mol. The Morgan fingerprint density at radius 2 is 1.73 bits per heavy atom. The van der Waals surface area contributed by atoms with Crippen molar-refractivity contribution >= 4 is 5.97 Å². The maximum atomic E-state index is 11.9. The second-order valence-electron chi connectivity index (χ2n) is 7.14. The average Bonchev–Trinajstić information content (AvgIpc) is 2.45. The lowest BCUT2D eigenvalue weighted by molar-refractivity contribution is -0.135. The number of carbonyl (C=O) groups is 1. The van der Waals surface area contributed by atoms with E-state index in [-0.39, 0.29) is 17.3 Å². The van der Waals surface area contributed by atoms with Crippen molar-refractivity contribution in [3.05, 3.63) is 64.7 Å². The fraction of sp³-hybridized carbons (Fsp3) is 0.350. The monoisotopic (exact) mass is 294 g/mol. The minimum Gasteiger partial charge on any atom is -0.426 e. The van der Waals surface area contributed by atoms with Gasteiger partial charge in [-0.3, -0.25) is 4.79 Å². The third kappa shape index (κ3) is 2.78. The molecule has 114 valence electrons. The first kappa shape index (κ1) is 14.8. The molecule has 0 N–H and O–H groups in total. The predicted octanol–water partition coefficient (Wildman–Crippen LogP) is 4.73. The van der Waals surface area contributed by atoms with E-state index >= 15 is 0 Å². The number of ether oxygens (including phenoxy) is 1. The summed E-state index contributed by atoms with van der Waals surface area (Å²) in [6, 6.07) is 14.6. The molecule has 1 heterocycles. The number of carbonyl (C=O) groups excluding carboxylic acids is 1. The summed E-state index contributed by atoms with van der Waals surface area (Å²) in [6.07, 6.45) is 0.406. The van der Waals surface area contributed by atoms with Gasteiger partial charge in [-0.25, -0.2) is 0 Å². The van der Waals surface area contributed by atoms with E-state index in [0.29, 0.717) is 12.2 Å². The minimum absolute atomic E-state index is 0.0777. The van der Waals surface area contributed by atoms with Gasteiger partial charge in [0.1, 0.15) is 5.75 Å². The second-order valence-corrected chi connectivity index (χ2v) is 7.14. The first-order chi connectivity index (χ1) is 10.3. The molecule has 0 amide bonds. The molecule has 1 atom stereocenters. The Morgan fingerprint density at radius 3 is 2.36 bits per heavy atom. The van der Waals surface area contributed by atoms with E-state index in [1.165, 1.54) is 16.7 Å². The van der Waals surface area contributed by atoms with Crippen LogP contribution in [0.15, 0.2) is 42.5 Å². The number of fused-ring (bicyclic) bond motifs is 1. The molecule has 0 radical (unpaired) electrons. The zero-order valence-corrected chi connectivity index (χ0v) is 13.6. The van der Waals surface area contributed by atoms with Crippen LogP contribution in [0.5, 0.6) is 5.75 Å². The van der Waals surface area contributed by atoms with Crippen LogP contribution in [0.25, 0.3) is 0 Å². The molecule has 0 spiro atoms. The number of hydrogen-bond acceptors (Lipinski definition) is 2. The van der Waals surface area contributed by atoms with E-state index in [2.05, 4.69) is 64.1 Å². The fourth-order valence-electron chi connectivity index (χ4n) is 2.92. The van der Waals surface area contributed by atoms with E-state index in [4.69, 9.17) is 4.74 Å². The summed E-state index contributed by atoms with van der Waals surface area (Å²) in [4.78, 5) is 11.9. The average molecular weight is 294 g/mol. The highest BCUT2D eigenvalue weighted by Gasteiger charge is 2.29. The van der Waals surface area contributed by atoms with Gasteiger partial charge in [-0.1, -0.05) is 62.7 Å². The van der Waals surface area contributed by atoms with Gasteiger partial charge in [0.25, 0.3) is 0 Å². The van der Waals surface area contributed by atoms with E-state index in [1.807, 2.05) is 6.07 Å². The molecular weight excluding hydrogens is 272 g/mol. The van der Waals surface area contributed by atoms with Gasteiger partial charge in [0.2, 0.25) is 0 Å². The molecule has 1 aliphatic rings. The third-order valence-electron chi connectivity index (χ3n) is 4.33. The van der Waals surface area contributed by atoms with E-state index in [9.17, 15) is 4.79 Å². The van der Waals surface area contributed by atoms with Gasteiger partial charge in [-0.05, 0) is 29.5 Å². The molecule has 3 rings (SSSR count). The van der Waals surface area contributed by atoms with Crippen molar-refractivity contribution in [2.24, 2.45) is 0 Å². The largest absolute Gasteiger partial charge is 0.426 e. The number of esters is 1. The van der Waals surface area contributed by atoms with Crippen LogP contribution in [0.2, 0.25) is 0 Å². The van der Waals surface area contributed by atoms with Crippen molar-refractivity contribution in [2.45, 2.75) is 45.4 Å². The smallest absolute Gasteiger partial charge is 0.312 e. The van der Waals surface area contributed by atoms with Crippen LogP contribution in [0.4, 0.5) is 0 Å². The maximum absolute atomic E-state index is 11.9. The molecule has 0 aromatic heterocycles. The molecule has 1 aliphatic heterocycles. The van der Waals surface area contributed by atoms with Gasteiger partial charge in [0.15, 0.2) is 0 Å². The minimum atomic E-state index is -0.151. The molecule has 2 heteroatoms. The van der Waals surface area contributed by atoms with Gasteiger partial charge < -0.3 is 4.74 Å². The molecule has 1 unspecified atom stereocenters. The number of aryl methyl sites for hydroxylation is 1. The molecule has 0 saturated carbocycles. The highest BCUT2D eigenvalue weighted by molar-refractivity contribution is 5.77. The van der Waals surface area contributed by atoms with Gasteiger partial charge in [0, 0.05) is 11.5 Å². The number of rotatable bonds is 1. The van der Waals surface area contributed by atoms with Gasteiger partial charge in [0.05, 0.1) is 6.42 Å². The van der Waals surface area contributed by atoms with Crippen molar-refractivity contribution in [3.8, 4) is 5.75 Å². The molecule has 0 aliphatic carbocycles. The summed E-state index contributed by atoms with van der Waals surface area (Å²) in [5.74, 6) is 0.635. The Kier molecular flexibility index (Phi) is 3.56. The standard InChI is InChI=1S/C20H22O2/c1-13-5-7-14(8-6-13)16-12-19(21)22-18-10-9-15(11-17(16)18)20(2,3)4/h5-11,16H,12H2,1-4H3. The quantitative estimate of drug-likeness (QED) is 0.561. The lowest BCUT2D eigenvalue weighted by Gasteiger charge is -2.28. The van der Waals surface area contributed by atoms with Crippen molar-refractivity contribution < 1.29 is 9.53 Å². The highest BCUT2D eigenvalue weighted by Crippen LogP contribution is 2.40. The Labute approximate surface area is 132 Å². The summed E-state index contributed by atoms with van der Waals surface area (Å²) in [7, 11) is 0. The summed E-state index contributed by atoms with van der Waals surface area (Å²) in [6.45, 7) is 8.67. The molecule has 2 nitrogen and oxygen atoms in total. The Bertz CT molecular complexity index is 705. The molecule has 0 saturated heterocycles. The van der Waals surface area contributed by atoms with Crippen LogP contribution < -0.4 is 4.74 Å².